The summed E-state index contributed by atoms with van der Waals surface area (Å²) in [6.07, 6.45) is -3.21. The van der Waals surface area contributed by atoms with Gasteiger partial charge in [-0.2, -0.15) is 18.2 Å². The largest absolute Gasteiger partial charge is 0.408 e. The Morgan fingerprint density at radius 3 is 2.61 bits per heavy atom. The molecule has 1 aromatic heterocycles. The molecule has 2 fully saturated rings. The number of aliphatic hydroxyl groups is 1. The molecule has 3 aliphatic rings. The summed E-state index contributed by atoms with van der Waals surface area (Å²) in [6, 6.07) is -0.419. The van der Waals surface area contributed by atoms with Gasteiger partial charge in [0.25, 0.3) is 5.56 Å². The lowest BCUT2D eigenvalue weighted by atomic mass is 9.93. The van der Waals surface area contributed by atoms with E-state index < -0.39 is 29.0 Å². The molecule has 2 saturated heterocycles. The lowest BCUT2D eigenvalue weighted by Gasteiger charge is -2.41. The molecule has 174 valence electrons. The van der Waals surface area contributed by atoms with Gasteiger partial charge in [0.15, 0.2) is 0 Å². The molecule has 4 heterocycles. The fourth-order valence-corrected chi connectivity index (χ4v) is 4.91. The van der Waals surface area contributed by atoms with Crippen LogP contribution in [0.2, 0.25) is 0 Å². The molecule has 3 atom stereocenters. The van der Waals surface area contributed by atoms with Crippen molar-refractivity contribution in [1.29, 1.82) is 0 Å². The van der Waals surface area contributed by atoms with E-state index >= 15 is 0 Å². The summed E-state index contributed by atoms with van der Waals surface area (Å²) in [7, 11) is 0. The molecule has 0 saturated carbocycles. The Labute approximate surface area is 178 Å². The van der Waals surface area contributed by atoms with Gasteiger partial charge in [-0.3, -0.25) is 9.36 Å². The number of hydrogen-bond donors (Lipinski definition) is 2. The normalized spacial score (nSPS) is 28.4. The van der Waals surface area contributed by atoms with Crippen molar-refractivity contribution in [2.75, 3.05) is 29.5 Å². The molecule has 3 N–H and O–H groups in total. The summed E-state index contributed by atoms with van der Waals surface area (Å²) in [4.78, 5) is 20.3. The monoisotopic (exact) mass is 445 g/mol. The van der Waals surface area contributed by atoms with E-state index in [4.69, 9.17) is 10.5 Å². The van der Waals surface area contributed by atoms with Crippen molar-refractivity contribution < 1.29 is 23.0 Å². The van der Waals surface area contributed by atoms with Crippen LogP contribution in [0.25, 0.3) is 0 Å². The number of ether oxygens (including phenoxy) is 1. The van der Waals surface area contributed by atoms with Crippen molar-refractivity contribution in [3.63, 3.8) is 0 Å². The zero-order valence-electron chi connectivity index (χ0n) is 17.9. The number of nitrogens with two attached hydrogens (primary N) is 1. The third-order valence-electron chi connectivity index (χ3n) is 7.10. The van der Waals surface area contributed by atoms with Crippen LogP contribution in [0.4, 0.5) is 24.9 Å². The number of fused-ring (bicyclic) bond motifs is 3. The summed E-state index contributed by atoms with van der Waals surface area (Å²) in [5.74, 6) is 0.261. The summed E-state index contributed by atoms with van der Waals surface area (Å²) < 4.78 is 48.5. The molecule has 0 aromatic carbocycles. The van der Waals surface area contributed by atoms with E-state index in [9.17, 15) is 23.1 Å². The van der Waals surface area contributed by atoms with E-state index in [0.29, 0.717) is 25.8 Å². The first-order valence-corrected chi connectivity index (χ1v) is 10.9. The molecule has 1 unspecified atom stereocenters. The van der Waals surface area contributed by atoms with E-state index in [1.165, 1.54) is 10.6 Å². The minimum Gasteiger partial charge on any atom is -0.390 e. The molecule has 4 rings (SSSR count). The van der Waals surface area contributed by atoms with E-state index in [1.54, 1.807) is 18.7 Å². The van der Waals surface area contributed by atoms with Gasteiger partial charge in [-0.05, 0) is 25.7 Å². The van der Waals surface area contributed by atoms with Crippen LogP contribution < -0.4 is 21.1 Å². The summed E-state index contributed by atoms with van der Waals surface area (Å²) >= 11 is 0. The summed E-state index contributed by atoms with van der Waals surface area (Å²) in [5, 5.41) is 10.6. The highest BCUT2D eigenvalue weighted by Crippen LogP contribution is 2.39. The molecule has 0 radical (unpaired) electrons. The van der Waals surface area contributed by atoms with Crippen LogP contribution in [0, 0.1) is 0 Å². The predicted octanol–water partition coefficient (Wildman–Crippen LogP) is 1.59. The van der Waals surface area contributed by atoms with Crippen molar-refractivity contribution in [2.24, 2.45) is 5.73 Å². The maximum atomic E-state index is 13.9. The van der Waals surface area contributed by atoms with Gasteiger partial charge in [0, 0.05) is 32.1 Å². The highest BCUT2D eigenvalue weighted by molar-refractivity contribution is 5.50. The predicted molar refractivity (Wildman–Crippen MR) is 109 cm³/mol. The standard InChI is InChI=1S/C20H30F3N5O3/c1-3-18(30,4-2)6-8-26-14(20(21,22)23)5-7-27-16(29)9-15(25-17(26)27)28-11-13-10-19(28,24)12-31-13/h9,13-14,30H,3-8,10-12,24H2,1-2H3/t13-,14-,19?/m0/s1. The van der Waals surface area contributed by atoms with Crippen molar-refractivity contribution in [2.45, 2.75) is 82.1 Å². The molecule has 2 bridgehead atoms. The van der Waals surface area contributed by atoms with E-state index in [0.717, 1.165) is 4.90 Å². The Hall–Kier alpha value is -1.85. The smallest absolute Gasteiger partial charge is 0.390 e. The number of aromatic nitrogens is 2. The highest BCUT2D eigenvalue weighted by Gasteiger charge is 2.51. The topological polar surface area (TPSA) is 96.9 Å². The Balaban J connectivity index is 1.73. The van der Waals surface area contributed by atoms with E-state index in [1.807, 2.05) is 0 Å². The van der Waals surface area contributed by atoms with Gasteiger partial charge in [-0.15, -0.1) is 0 Å². The average Bonchev–Trinajstić information content (AvgIpc) is 3.26. The van der Waals surface area contributed by atoms with Crippen LogP contribution in [-0.2, 0) is 11.3 Å². The molecular formula is C20H30F3N5O3. The first-order chi connectivity index (χ1) is 14.5. The second kappa shape index (κ2) is 7.63. The number of rotatable bonds is 6. The number of anilines is 2. The fraction of sp³-hybridized carbons (Fsp3) is 0.800. The Morgan fingerprint density at radius 2 is 2.06 bits per heavy atom. The molecule has 8 nitrogen and oxygen atoms in total. The van der Waals surface area contributed by atoms with Crippen LogP contribution in [0.5, 0.6) is 0 Å². The van der Waals surface area contributed by atoms with Crippen LogP contribution in [0.15, 0.2) is 10.9 Å². The SMILES string of the molecule is CCC(O)(CC)CCN1c2nc(N3C[C@@H]4CC3(N)CO4)cc(=O)n2CC[C@H]1C(F)(F)F. The zero-order chi connectivity index (χ0) is 22.6. The minimum absolute atomic E-state index is 0.0158. The molecule has 3 aliphatic heterocycles. The Bertz CT molecular complexity index is 888. The molecule has 1 aromatic rings. The molecule has 0 spiro atoms. The third-order valence-corrected chi connectivity index (χ3v) is 7.10. The Morgan fingerprint density at radius 1 is 1.35 bits per heavy atom. The van der Waals surface area contributed by atoms with Crippen LogP contribution in [0.3, 0.4) is 0 Å². The number of alkyl halides is 3. The van der Waals surface area contributed by atoms with Gasteiger partial charge in [-0.25, -0.2) is 0 Å². The third kappa shape index (κ3) is 3.91. The number of hydrogen-bond acceptors (Lipinski definition) is 7. The summed E-state index contributed by atoms with van der Waals surface area (Å²) in [6.45, 7) is 4.22. The highest BCUT2D eigenvalue weighted by atomic mass is 19.4. The van der Waals surface area contributed by atoms with Gasteiger partial charge >= 0.3 is 6.18 Å². The maximum absolute atomic E-state index is 13.9. The molecule has 11 heteroatoms. The second-order valence-corrected chi connectivity index (χ2v) is 8.98. The molecule has 0 amide bonds. The summed E-state index contributed by atoms with van der Waals surface area (Å²) in [5.41, 5.74) is 4.13. The lowest BCUT2D eigenvalue weighted by Crippen LogP contribution is -2.57. The van der Waals surface area contributed by atoms with Gasteiger partial charge in [0.1, 0.15) is 17.5 Å². The van der Waals surface area contributed by atoms with Crippen molar-refractivity contribution >= 4 is 11.8 Å². The van der Waals surface area contributed by atoms with Crippen LogP contribution >= 0.6 is 0 Å². The molecular weight excluding hydrogens is 415 g/mol. The van der Waals surface area contributed by atoms with Gasteiger partial charge in [0.05, 0.1) is 18.3 Å². The van der Waals surface area contributed by atoms with Crippen molar-refractivity contribution in [3.8, 4) is 0 Å². The van der Waals surface area contributed by atoms with Crippen molar-refractivity contribution in [3.05, 3.63) is 16.4 Å². The quantitative estimate of drug-likeness (QED) is 0.686. The number of halogens is 3. The molecule has 0 aliphatic carbocycles. The molecule has 31 heavy (non-hydrogen) atoms. The van der Waals surface area contributed by atoms with Crippen molar-refractivity contribution in [1.82, 2.24) is 9.55 Å². The average molecular weight is 445 g/mol. The van der Waals surface area contributed by atoms with Crippen LogP contribution in [0.1, 0.15) is 46.0 Å². The van der Waals surface area contributed by atoms with Gasteiger partial charge in [0.2, 0.25) is 5.95 Å². The second-order valence-electron chi connectivity index (χ2n) is 8.98. The lowest BCUT2D eigenvalue weighted by molar-refractivity contribution is -0.153. The first-order valence-electron chi connectivity index (χ1n) is 10.9. The Kier molecular flexibility index (Phi) is 5.50. The first kappa shape index (κ1) is 22.3. The fourth-order valence-electron chi connectivity index (χ4n) is 4.91. The minimum atomic E-state index is -4.48. The zero-order valence-corrected chi connectivity index (χ0v) is 17.9. The van der Waals surface area contributed by atoms with Gasteiger partial charge < -0.3 is 25.4 Å². The van der Waals surface area contributed by atoms with E-state index in [-0.39, 0.29) is 50.4 Å². The number of morpholine rings is 1. The maximum Gasteiger partial charge on any atom is 0.408 e. The van der Waals surface area contributed by atoms with E-state index in [2.05, 4.69) is 4.98 Å². The number of nitrogens with zero attached hydrogens (tertiary/aromatic N) is 4. The van der Waals surface area contributed by atoms with Crippen LogP contribution in [-0.4, -0.2) is 63.9 Å². The van der Waals surface area contributed by atoms with Gasteiger partial charge in [-0.1, -0.05) is 13.8 Å².